The van der Waals surface area contributed by atoms with Crippen LogP contribution in [0.2, 0.25) is 10.0 Å². The maximum atomic E-state index is 12.4. The molecule has 8 aliphatic rings. The fraction of sp³-hybridized carbons (Fsp3) is 0.326. The van der Waals surface area contributed by atoms with E-state index < -0.39 is 0 Å². The van der Waals surface area contributed by atoms with Crippen molar-refractivity contribution in [3.05, 3.63) is 122 Å². The number of phenols is 1. The predicted octanol–water partition coefficient (Wildman–Crippen LogP) is 3.06. The van der Waals surface area contributed by atoms with Crippen molar-refractivity contribution < 1.29 is 188 Å². The number of aryl methyl sites for hydroxylation is 2. The van der Waals surface area contributed by atoms with Crippen LogP contribution in [0.15, 0.2) is 72.8 Å². The zero-order valence-corrected chi connectivity index (χ0v) is 49.3. The molecule has 0 radical (unpaired) electrons. The normalized spacial score (nSPS) is 25.4. The number of carbonyl (C=O) groups excluding carboxylic acids is 5. The van der Waals surface area contributed by atoms with E-state index in [1.54, 1.807) is 18.2 Å². The second-order valence-corrected chi connectivity index (χ2v) is 18.3. The number of hydrogen-bond acceptors (Lipinski definition) is 11. The van der Waals surface area contributed by atoms with Crippen molar-refractivity contribution in [1.82, 2.24) is 10.6 Å². The molecule has 4 aromatic rings. The molecule has 11 nitrogen and oxygen atoms in total. The van der Waals surface area contributed by atoms with Crippen LogP contribution in [-0.2, 0) is 19.3 Å². The van der Waals surface area contributed by atoms with E-state index >= 15 is 0 Å². The van der Waals surface area contributed by atoms with Crippen LogP contribution < -0.4 is 158 Å². The van der Waals surface area contributed by atoms with E-state index in [1.165, 1.54) is 22.8 Å². The van der Waals surface area contributed by atoms with Crippen molar-refractivity contribution in [1.29, 1.82) is 0 Å². The number of rotatable bonds is 5. The Hall–Kier alpha value is -0.496. The van der Waals surface area contributed by atoms with Gasteiger partial charge in [-0.25, -0.2) is 4.39 Å². The number of phenolic OH excluding ortho intramolecular Hbond substituents is 1. The number of amides is 4. The zero-order chi connectivity index (χ0) is 42.1. The molecule has 2 aliphatic heterocycles. The van der Waals surface area contributed by atoms with Crippen molar-refractivity contribution in [2.45, 2.75) is 73.7 Å². The summed E-state index contributed by atoms with van der Waals surface area (Å²) < 4.78 is 18.4. The average molecular weight is 1150 g/mol. The van der Waals surface area contributed by atoms with Crippen molar-refractivity contribution in [3.8, 4) is 17.2 Å². The van der Waals surface area contributed by atoms with Crippen LogP contribution in [0.1, 0.15) is 84.2 Å². The molecule has 4 fully saturated rings. The summed E-state index contributed by atoms with van der Waals surface area (Å²) in [5.41, 5.74) is 6.81. The first-order valence-corrected chi connectivity index (χ1v) is 21.3. The maximum Gasteiger partial charge on any atom is 1.00 e. The van der Waals surface area contributed by atoms with E-state index in [2.05, 4.69) is 27.7 Å². The zero-order valence-electron chi connectivity index (χ0n) is 34.6. The fourth-order valence-electron chi connectivity index (χ4n) is 8.87. The standard InChI is InChI=1S/C21H18ClNO3S.C14H13NO3S.C7H6ClF.CH2O3.2Cs.H/c1-10-2-5-17(16(22)6-10)26-13-3-4-14-15(9-13)11-7-12(8-11)18(14)19-20(24)23-21(25)27-19;16-8-1-2-9-10(5-8)6-3-7(4-6)11(9)12-13(17)15-14(18)19-12;1-5-2-3-7(9)6(8)4-5;2-1-4-3;;;/h2-6,9,11-12,18-19H,7-8H2,1H3,(H,23,24,25);1-2,5-7,11-12,16H,3-4H2,(H,15,17,18);2-4H,1H3;1,3H;;;/q;;;;2*+1;-1/p-1. The van der Waals surface area contributed by atoms with E-state index in [-0.39, 0.29) is 207 Å². The van der Waals surface area contributed by atoms with Crippen LogP contribution >= 0.6 is 46.7 Å². The molecule has 2 heterocycles. The van der Waals surface area contributed by atoms with Gasteiger partial charge in [-0.2, -0.15) is 0 Å². The van der Waals surface area contributed by atoms with Gasteiger partial charge in [-0.1, -0.05) is 71.0 Å². The molecule has 12 rings (SSSR count). The molecular weight excluding hydrogens is 1110 g/mol. The van der Waals surface area contributed by atoms with Gasteiger partial charge in [0.05, 0.1) is 10.0 Å². The molecule has 310 valence electrons. The third-order valence-corrected chi connectivity index (χ3v) is 14.3. The van der Waals surface area contributed by atoms with Gasteiger partial charge in [0.2, 0.25) is 11.8 Å². The minimum absolute atomic E-state index is 0. The smallest absolute Gasteiger partial charge is 1.00 e. The number of aromatic hydroxyl groups is 1. The van der Waals surface area contributed by atoms with Crippen molar-refractivity contribution in [3.63, 3.8) is 0 Å². The van der Waals surface area contributed by atoms with Gasteiger partial charge in [-0.15, -0.1) is 0 Å². The average Bonchev–Trinajstić information content (AvgIpc) is 3.70. The summed E-state index contributed by atoms with van der Waals surface area (Å²) in [5, 5.41) is 22.6. The van der Waals surface area contributed by atoms with E-state index in [0.717, 1.165) is 71.6 Å². The molecule has 4 unspecified atom stereocenters. The number of carbonyl (C=O) groups is 5. The van der Waals surface area contributed by atoms with Crippen LogP contribution in [0.25, 0.3) is 0 Å². The number of thioether (sulfide) groups is 2. The summed E-state index contributed by atoms with van der Waals surface area (Å²) in [7, 11) is 0. The van der Waals surface area contributed by atoms with Gasteiger partial charge in [-0.3, -0.25) is 34.6 Å². The number of imide groups is 2. The Kier molecular flexibility index (Phi) is 19.2. The Morgan fingerprint density at radius 2 is 1.20 bits per heavy atom. The molecule has 18 heteroatoms. The van der Waals surface area contributed by atoms with E-state index in [1.807, 2.05) is 50.2 Å². The van der Waals surface area contributed by atoms with Crippen molar-refractivity contribution in [2.24, 2.45) is 11.8 Å². The number of benzene rings is 4. The topological polar surface area (TPSA) is 171 Å². The van der Waals surface area contributed by atoms with Gasteiger partial charge >= 0.3 is 138 Å². The van der Waals surface area contributed by atoms with Crippen LogP contribution in [0.5, 0.6) is 17.2 Å². The first-order chi connectivity index (χ1) is 28.2. The molecule has 4 amide bonds. The number of nitrogens with one attached hydrogen (secondary N) is 2. The molecule has 0 spiro atoms. The van der Waals surface area contributed by atoms with Gasteiger partial charge in [0, 0.05) is 11.8 Å². The summed E-state index contributed by atoms with van der Waals surface area (Å²) in [6, 6.07) is 21.9. The minimum Gasteiger partial charge on any atom is -1.00 e. The summed E-state index contributed by atoms with van der Waals surface area (Å²) in [6.45, 7) is 3.68. The van der Waals surface area contributed by atoms with Gasteiger partial charge < -0.3 is 21.4 Å². The molecule has 0 aromatic heterocycles. The Labute approximate surface area is 489 Å². The number of hydrogen-bond donors (Lipinski definition) is 3. The molecule has 4 bridgehead atoms. The largest absolute Gasteiger partial charge is 1.00 e. The quantitative estimate of drug-likeness (QED) is 0.153. The molecule has 2 saturated carbocycles. The summed E-state index contributed by atoms with van der Waals surface area (Å²) in [6.07, 6.45) is 4.29. The Morgan fingerprint density at radius 3 is 1.64 bits per heavy atom. The SMILES string of the molecule is Cc1ccc(F)c(Cl)c1.Cc1ccc(Oc2ccc3c(c2)C2CC(C2)C3C2SC(=O)NC2=O)c(Cl)c1.O=C1NC(=O)C(C2c3ccc(O)cc3C3CC2C3)S1.O=CO[O-].[Cs+].[Cs+].[H-]. The molecule has 4 atom stereocenters. The van der Waals surface area contributed by atoms with Crippen molar-refractivity contribution in [2.75, 3.05) is 0 Å². The Bertz CT molecular complexity index is 2340. The van der Waals surface area contributed by atoms with Crippen LogP contribution in [0.4, 0.5) is 14.0 Å². The Morgan fingerprint density at radius 1 is 0.721 bits per heavy atom. The predicted molar refractivity (Wildman–Crippen MR) is 221 cm³/mol. The van der Waals surface area contributed by atoms with E-state index in [9.17, 15) is 28.7 Å². The molecule has 4 aromatic carbocycles. The maximum absolute atomic E-state index is 12.4. The van der Waals surface area contributed by atoms with Crippen LogP contribution in [0.3, 0.4) is 0 Å². The van der Waals surface area contributed by atoms with Gasteiger partial charge in [-0.05, 0) is 145 Å². The molecular formula is C43H39Cl2Cs2FN2O9S2. The van der Waals surface area contributed by atoms with E-state index in [0.29, 0.717) is 34.4 Å². The van der Waals surface area contributed by atoms with Crippen LogP contribution in [-0.4, -0.2) is 44.4 Å². The first kappa shape index (κ1) is 51.5. The summed E-state index contributed by atoms with van der Waals surface area (Å²) >= 11 is 14.0. The minimum atomic E-state index is -0.359. The Balaban J connectivity index is 0.000000210. The van der Waals surface area contributed by atoms with Gasteiger partial charge in [0.1, 0.15) is 33.6 Å². The summed E-state index contributed by atoms with van der Waals surface area (Å²) in [5.74, 6) is 3.21. The second-order valence-electron chi connectivity index (χ2n) is 15.3. The second kappa shape index (κ2) is 22.8. The molecule has 61 heavy (non-hydrogen) atoms. The van der Waals surface area contributed by atoms with Gasteiger partial charge in [0.25, 0.3) is 17.0 Å². The fourth-order valence-corrected chi connectivity index (χ4v) is 11.5. The molecule has 3 N–H and O–H groups in total. The monoisotopic (exact) mass is 1150 g/mol. The third-order valence-electron chi connectivity index (χ3n) is 11.6. The van der Waals surface area contributed by atoms with Crippen LogP contribution in [0, 0.1) is 31.5 Å². The van der Waals surface area contributed by atoms with Gasteiger partial charge in [0.15, 0.2) is 0 Å². The van der Waals surface area contributed by atoms with E-state index in [4.69, 9.17) is 38.0 Å². The third kappa shape index (κ3) is 11.9. The molecule has 2 saturated heterocycles. The molecule has 6 aliphatic carbocycles. The van der Waals surface area contributed by atoms with Crippen molar-refractivity contribution >= 4 is 75.5 Å². The number of halogens is 3. The summed E-state index contributed by atoms with van der Waals surface area (Å²) in [4.78, 5) is 58.4. The number of ether oxygens (including phenoxy) is 1. The first-order valence-electron chi connectivity index (χ1n) is 18.8.